The van der Waals surface area contributed by atoms with Gasteiger partial charge in [0, 0.05) is 6.42 Å². The molecule has 1 aromatic carbocycles. The number of para-hydroxylation sites is 2. The number of amides is 1. The first-order valence-corrected chi connectivity index (χ1v) is 6.53. The Balaban J connectivity index is 1.79. The molecular formula is C13H13ClN4O. The Morgan fingerprint density at radius 1 is 1.32 bits per heavy atom. The quantitative estimate of drug-likeness (QED) is 0.898. The number of carbonyl (C=O) groups excluding carboxylic acids is 1. The van der Waals surface area contributed by atoms with Crippen LogP contribution in [0.15, 0.2) is 24.3 Å². The Morgan fingerprint density at radius 2 is 2.00 bits per heavy atom. The maximum absolute atomic E-state index is 11.8. The van der Waals surface area contributed by atoms with Crippen molar-refractivity contribution in [1.29, 1.82) is 0 Å². The largest absolute Gasteiger partial charge is 0.316 e. The van der Waals surface area contributed by atoms with Crippen LogP contribution in [0.3, 0.4) is 0 Å². The highest BCUT2D eigenvalue weighted by molar-refractivity contribution is 6.32. The van der Waals surface area contributed by atoms with E-state index in [0.717, 1.165) is 13.1 Å². The van der Waals surface area contributed by atoms with Gasteiger partial charge in [-0.2, -0.15) is 0 Å². The molecule has 19 heavy (non-hydrogen) atoms. The second kappa shape index (κ2) is 5.11. The zero-order valence-corrected chi connectivity index (χ0v) is 10.9. The summed E-state index contributed by atoms with van der Waals surface area (Å²) < 4.78 is 0. The van der Waals surface area contributed by atoms with Crippen molar-refractivity contribution in [2.45, 2.75) is 6.42 Å². The summed E-state index contributed by atoms with van der Waals surface area (Å²) >= 11 is 6.03. The van der Waals surface area contributed by atoms with E-state index < -0.39 is 0 Å². The van der Waals surface area contributed by atoms with Crippen LogP contribution in [0.2, 0.25) is 5.15 Å². The molecule has 1 aromatic heterocycles. The number of halogens is 1. The summed E-state index contributed by atoms with van der Waals surface area (Å²) in [5, 5.41) is 6.08. The van der Waals surface area contributed by atoms with E-state index in [0.29, 0.717) is 29.2 Å². The summed E-state index contributed by atoms with van der Waals surface area (Å²) in [4.78, 5) is 20.4. The van der Waals surface area contributed by atoms with Crippen molar-refractivity contribution >= 4 is 34.4 Å². The Labute approximate surface area is 115 Å². The van der Waals surface area contributed by atoms with Crippen LogP contribution in [0.4, 0.5) is 5.82 Å². The van der Waals surface area contributed by atoms with Crippen LogP contribution in [0.25, 0.3) is 11.0 Å². The van der Waals surface area contributed by atoms with Gasteiger partial charge in [0.25, 0.3) is 0 Å². The Morgan fingerprint density at radius 3 is 2.63 bits per heavy atom. The highest BCUT2D eigenvalue weighted by Gasteiger charge is 2.21. The molecule has 0 saturated carbocycles. The Bertz CT molecular complexity index is 627. The van der Waals surface area contributed by atoms with Gasteiger partial charge in [-0.15, -0.1) is 0 Å². The third-order valence-corrected chi connectivity index (χ3v) is 3.39. The first-order chi connectivity index (χ1) is 9.22. The van der Waals surface area contributed by atoms with Crippen LogP contribution >= 0.6 is 11.6 Å². The molecule has 0 spiro atoms. The van der Waals surface area contributed by atoms with E-state index in [1.54, 1.807) is 0 Å². The van der Waals surface area contributed by atoms with Gasteiger partial charge >= 0.3 is 0 Å². The van der Waals surface area contributed by atoms with Gasteiger partial charge in [-0.3, -0.25) is 4.79 Å². The number of nitrogens with one attached hydrogen (secondary N) is 2. The summed E-state index contributed by atoms with van der Waals surface area (Å²) in [5.74, 6) is 0.669. The molecule has 5 nitrogen and oxygen atoms in total. The molecule has 2 heterocycles. The molecule has 98 valence electrons. The molecule has 1 amide bonds. The fourth-order valence-corrected chi connectivity index (χ4v) is 2.18. The van der Waals surface area contributed by atoms with E-state index in [4.69, 9.17) is 11.6 Å². The molecular weight excluding hydrogens is 264 g/mol. The maximum Gasteiger partial charge on any atom is 0.225 e. The van der Waals surface area contributed by atoms with E-state index in [1.165, 1.54) is 0 Å². The highest BCUT2D eigenvalue weighted by atomic mass is 35.5. The lowest BCUT2D eigenvalue weighted by atomic mass is 9.99. The minimum absolute atomic E-state index is 0.0713. The van der Waals surface area contributed by atoms with Gasteiger partial charge in [-0.1, -0.05) is 23.7 Å². The fraction of sp³-hybridized carbons (Fsp3) is 0.308. The predicted octanol–water partition coefficient (Wildman–Crippen LogP) is 1.83. The molecule has 1 saturated heterocycles. The third kappa shape index (κ3) is 2.67. The zero-order valence-electron chi connectivity index (χ0n) is 10.2. The molecule has 6 heteroatoms. The first kappa shape index (κ1) is 12.3. The van der Waals surface area contributed by atoms with Crippen LogP contribution in [-0.2, 0) is 4.79 Å². The zero-order chi connectivity index (χ0) is 13.2. The van der Waals surface area contributed by atoms with Crippen molar-refractivity contribution in [2.24, 2.45) is 5.92 Å². The fourth-order valence-electron chi connectivity index (χ4n) is 2.00. The molecule has 1 aliphatic rings. The van der Waals surface area contributed by atoms with Gasteiger partial charge in [-0.05, 0) is 31.1 Å². The molecule has 3 rings (SSSR count). The van der Waals surface area contributed by atoms with Crippen LogP contribution < -0.4 is 10.6 Å². The van der Waals surface area contributed by atoms with Crippen molar-refractivity contribution < 1.29 is 4.79 Å². The smallest absolute Gasteiger partial charge is 0.225 e. The average molecular weight is 277 g/mol. The van der Waals surface area contributed by atoms with Gasteiger partial charge in [0.1, 0.15) is 0 Å². The van der Waals surface area contributed by atoms with Crippen LogP contribution in [0.5, 0.6) is 0 Å². The Kier molecular flexibility index (Phi) is 3.31. The summed E-state index contributed by atoms with van der Waals surface area (Å²) in [5.41, 5.74) is 1.43. The number of hydrogen-bond acceptors (Lipinski definition) is 4. The molecule has 1 fully saturated rings. The lowest BCUT2D eigenvalue weighted by molar-refractivity contribution is -0.117. The number of hydrogen-bond donors (Lipinski definition) is 2. The lowest BCUT2D eigenvalue weighted by Gasteiger charge is -2.26. The molecule has 2 N–H and O–H groups in total. The number of carbonyl (C=O) groups is 1. The molecule has 0 bridgehead atoms. The molecule has 0 radical (unpaired) electrons. The van der Waals surface area contributed by atoms with Crippen molar-refractivity contribution in [3.8, 4) is 0 Å². The number of nitrogens with zero attached hydrogens (tertiary/aromatic N) is 2. The summed E-state index contributed by atoms with van der Waals surface area (Å²) in [7, 11) is 0. The van der Waals surface area contributed by atoms with Gasteiger partial charge < -0.3 is 10.6 Å². The topological polar surface area (TPSA) is 66.9 Å². The van der Waals surface area contributed by atoms with Gasteiger partial charge in [0.2, 0.25) is 5.91 Å². The molecule has 2 aromatic rings. The van der Waals surface area contributed by atoms with E-state index in [1.807, 2.05) is 24.3 Å². The second-order valence-electron chi connectivity index (χ2n) is 4.63. The monoisotopic (exact) mass is 276 g/mol. The standard InChI is InChI=1S/C13H13ClN4O/c14-12-13(18-11(19)5-8-6-15-7-8)17-10-4-2-1-3-9(10)16-12/h1-4,8,15H,5-7H2,(H,17,18,19). The normalized spacial score (nSPS) is 15.2. The Hall–Kier alpha value is -1.72. The molecule has 1 aliphatic heterocycles. The SMILES string of the molecule is O=C(CC1CNC1)Nc1nc2ccccc2nc1Cl. The van der Waals surface area contributed by atoms with Gasteiger partial charge in [0.05, 0.1) is 11.0 Å². The first-order valence-electron chi connectivity index (χ1n) is 6.15. The minimum Gasteiger partial charge on any atom is -0.316 e. The number of aromatic nitrogens is 2. The van der Waals surface area contributed by atoms with Crippen molar-refractivity contribution in [3.05, 3.63) is 29.4 Å². The van der Waals surface area contributed by atoms with Crippen molar-refractivity contribution in [1.82, 2.24) is 15.3 Å². The van der Waals surface area contributed by atoms with Gasteiger partial charge in [0.15, 0.2) is 11.0 Å². The average Bonchev–Trinajstić information content (AvgIpc) is 2.35. The molecule has 0 aliphatic carbocycles. The highest BCUT2D eigenvalue weighted by Crippen LogP contribution is 2.21. The summed E-state index contributed by atoms with van der Waals surface area (Å²) in [6, 6.07) is 7.41. The number of anilines is 1. The second-order valence-corrected chi connectivity index (χ2v) is 4.99. The number of rotatable bonds is 3. The molecule has 0 unspecified atom stereocenters. The number of benzene rings is 1. The van der Waals surface area contributed by atoms with Crippen molar-refractivity contribution in [2.75, 3.05) is 18.4 Å². The summed E-state index contributed by atoms with van der Waals surface area (Å²) in [6.07, 6.45) is 0.484. The van der Waals surface area contributed by atoms with Gasteiger partial charge in [-0.25, -0.2) is 9.97 Å². The minimum atomic E-state index is -0.0713. The summed E-state index contributed by atoms with van der Waals surface area (Å²) in [6.45, 7) is 1.79. The van der Waals surface area contributed by atoms with E-state index in [-0.39, 0.29) is 11.1 Å². The van der Waals surface area contributed by atoms with E-state index >= 15 is 0 Å². The lowest BCUT2D eigenvalue weighted by Crippen LogP contribution is -2.43. The van der Waals surface area contributed by atoms with E-state index in [9.17, 15) is 4.79 Å². The maximum atomic E-state index is 11.8. The van der Waals surface area contributed by atoms with Crippen LogP contribution in [-0.4, -0.2) is 29.0 Å². The van der Waals surface area contributed by atoms with Crippen molar-refractivity contribution in [3.63, 3.8) is 0 Å². The van der Waals surface area contributed by atoms with Crippen LogP contribution in [0, 0.1) is 5.92 Å². The number of fused-ring (bicyclic) bond motifs is 1. The molecule has 0 atom stereocenters. The van der Waals surface area contributed by atoms with Crippen LogP contribution in [0.1, 0.15) is 6.42 Å². The predicted molar refractivity (Wildman–Crippen MR) is 74.2 cm³/mol. The van der Waals surface area contributed by atoms with E-state index in [2.05, 4.69) is 20.6 Å². The third-order valence-electron chi connectivity index (χ3n) is 3.13.